The van der Waals surface area contributed by atoms with Crippen LogP contribution in [-0.2, 0) is 20.9 Å². The molecule has 1 fully saturated rings. The Balaban J connectivity index is 1.64. The molecule has 1 aliphatic rings. The average molecular weight is 381 g/mol. The summed E-state index contributed by atoms with van der Waals surface area (Å²) in [5, 5.41) is 5.59. The molecule has 1 aliphatic heterocycles. The molecule has 0 saturated carbocycles. The van der Waals surface area contributed by atoms with Gasteiger partial charge in [0.1, 0.15) is 5.75 Å². The van der Waals surface area contributed by atoms with Crippen molar-refractivity contribution in [1.82, 2.24) is 5.32 Å². The lowest BCUT2D eigenvalue weighted by atomic mass is 10.1. The number of nitrogens with one attached hydrogen (secondary N) is 2. The lowest BCUT2D eigenvalue weighted by molar-refractivity contribution is -0.126. The summed E-state index contributed by atoms with van der Waals surface area (Å²) in [6.07, 6.45) is 0.155. The zero-order valence-corrected chi connectivity index (χ0v) is 15.9. The highest BCUT2D eigenvalue weighted by Gasteiger charge is 2.35. The summed E-state index contributed by atoms with van der Waals surface area (Å²) < 4.78 is 5.29. The topological polar surface area (TPSA) is 87.7 Å². The van der Waals surface area contributed by atoms with Crippen LogP contribution >= 0.6 is 0 Å². The first-order chi connectivity index (χ1) is 13.5. The molecule has 0 spiro atoms. The molecule has 2 aromatic rings. The zero-order valence-electron chi connectivity index (χ0n) is 15.9. The Labute approximate surface area is 163 Å². The van der Waals surface area contributed by atoms with Crippen molar-refractivity contribution in [2.45, 2.75) is 19.9 Å². The first-order valence-electron chi connectivity index (χ1n) is 9.05. The predicted molar refractivity (Wildman–Crippen MR) is 106 cm³/mol. The Hall–Kier alpha value is -3.35. The van der Waals surface area contributed by atoms with Crippen molar-refractivity contribution in [3.05, 3.63) is 54.1 Å². The Bertz CT molecular complexity index is 897. The summed E-state index contributed by atoms with van der Waals surface area (Å²) in [6.45, 7) is 2.07. The fourth-order valence-corrected chi connectivity index (χ4v) is 3.26. The highest BCUT2D eigenvalue weighted by atomic mass is 16.5. The minimum Gasteiger partial charge on any atom is -0.496 e. The van der Waals surface area contributed by atoms with E-state index < -0.39 is 5.92 Å². The molecule has 0 aromatic heterocycles. The number of rotatable bonds is 6. The second-order valence-electron chi connectivity index (χ2n) is 6.67. The van der Waals surface area contributed by atoms with Gasteiger partial charge in [-0.1, -0.05) is 24.3 Å². The molecular formula is C21H23N3O4. The van der Waals surface area contributed by atoms with Crippen molar-refractivity contribution in [2.75, 3.05) is 23.9 Å². The van der Waals surface area contributed by atoms with E-state index in [4.69, 9.17) is 4.74 Å². The van der Waals surface area contributed by atoms with Crippen LogP contribution in [0.5, 0.6) is 5.75 Å². The maximum absolute atomic E-state index is 12.6. The van der Waals surface area contributed by atoms with Crippen LogP contribution in [0.15, 0.2) is 48.5 Å². The number of hydrogen-bond donors (Lipinski definition) is 2. The number of ether oxygens (including phenoxy) is 1. The van der Waals surface area contributed by atoms with Gasteiger partial charge in [-0.2, -0.15) is 0 Å². The Morgan fingerprint density at radius 2 is 1.96 bits per heavy atom. The van der Waals surface area contributed by atoms with Gasteiger partial charge in [-0.25, -0.2) is 0 Å². The predicted octanol–water partition coefficient (Wildman–Crippen LogP) is 2.32. The molecule has 1 atom stereocenters. The number of methoxy groups -OCH3 is 1. The standard InChI is InChI=1S/C21H23N3O4/c1-14(25)23-17-7-5-8-18(11-17)24-13-16(10-20(24)26)21(27)22-12-15-6-3-4-9-19(15)28-2/h3-9,11,16H,10,12-13H2,1-2H3,(H,22,27)(H,23,25)/t16-/m1/s1. The molecule has 28 heavy (non-hydrogen) atoms. The fourth-order valence-electron chi connectivity index (χ4n) is 3.26. The van der Waals surface area contributed by atoms with Gasteiger partial charge in [0.2, 0.25) is 17.7 Å². The van der Waals surface area contributed by atoms with E-state index >= 15 is 0 Å². The van der Waals surface area contributed by atoms with Crippen molar-refractivity contribution in [1.29, 1.82) is 0 Å². The summed E-state index contributed by atoms with van der Waals surface area (Å²) in [7, 11) is 1.59. The largest absolute Gasteiger partial charge is 0.496 e. The van der Waals surface area contributed by atoms with Crippen LogP contribution in [0.25, 0.3) is 0 Å². The molecule has 2 aromatic carbocycles. The molecule has 2 N–H and O–H groups in total. The number of para-hydroxylation sites is 1. The molecule has 0 bridgehead atoms. The lowest BCUT2D eigenvalue weighted by Gasteiger charge is -2.18. The molecular weight excluding hydrogens is 358 g/mol. The molecule has 7 nitrogen and oxygen atoms in total. The first kappa shape index (κ1) is 19.4. The third-order valence-corrected chi connectivity index (χ3v) is 4.62. The van der Waals surface area contributed by atoms with E-state index in [9.17, 15) is 14.4 Å². The van der Waals surface area contributed by atoms with Gasteiger partial charge in [0.05, 0.1) is 13.0 Å². The molecule has 146 valence electrons. The summed E-state index contributed by atoms with van der Waals surface area (Å²) in [6, 6.07) is 14.5. The van der Waals surface area contributed by atoms with E-state index in [1.54, 1.807) is 36.3 Å². The third-order valence-electron chi connectivity index (χ3n) is 4.62. The maximum Gasteiger partial charge on any atom is 0.227 e. The SMILES string of the molecule is COc1ccccc1CNC(=O)[C@@H]1CC(=O)N(c2cccc(NC(C)=O)c2)C1. The minimum absolute atomic E-state index is 0.114. The Kier molecular flexibility index (Phi) is 5.93. The number of carbonyl (C=O) groups is 3. The van der Waals surface area contributed by atoms with Crippen LogP contribution in [0, 0.1) is 5.92 Å². The van der Waals surface area contributed by atoms with Gasteiger partial charge in [-0.15, -0.1) is 0 Å². The van der Waals surface area contributed by atoms with Gasteiger partial charge in [-0.05, 0) is 24.3 Å². The lowest BCUT2D eigenvalue weighted by Crippen LogP contribution is -2.32. The van der Waals surface area contributed by atoms with Crippen molar-refractivity contribution in [3.63, 3.8) is 0 Å². The summed E-state index contributed by atoms with van der Waals surface area (Å²) in [5.41, 5.74) is 2.15. The van der Waals surface area contributed by atoms with Gasteiger partial charge in [0.25, 0.3) is 0 Å². The third kappa shape index (κ3) is 4.49. The van der Waals surface area contributed by atoms with E-state index in [1.165, 1.54) is 6.92 Å². The first-order valence-corrected chi connectivity index (χ1v) is 9.05. The quantitative estimate of drug-likeness (QED) is 0.804. The highest BCUT2D eigenvalue weighted by molar-refractivity contribution is 6.01. The molecule has 0 aliphatic carbocycles. The fraction of sp³-hybridized carbons (Fsp3) is 0.286. The molecule has 0 radical (unpaired) electrons. The van der Waals surface area contributed by atoms with Crippen molar-refractivity contribution < 1.29 is 19.1 Å². The monoisotopic (exact) mass is 381 g/mol. The van der Waals surface area contributed by atoms with Crippen LogP contribution in [-0.4, -0.2) is 31.4 Å². The van der Waals surface area contributed by atoms with Crippen molar-refractivity contribution in [3.8, 4) is 5.75 Å². The number of nitrogens with zero attached hydrogens (tertiary/aromatic N) is 1. The zero-order chi connectivity index (χ0) is 20.1. The molecule has 3 rings (SSSR count). The van der Waals surface area contributed by atoms with E-state index in [1.807, 2.05) is 24.3 Å². The van der Waals surface area contributed by atoms with Crippen LogP contribution in [0.1, 0.15) is 18.9 Å². The van der Waals surface area contributed by atoms with Gasteiger partial charge in [0, 0.05) is 43.4 Å². The molecule has 7 heteroatoms. The van der Waals surface area contributed by atoms with Crippen molar-refractivity contribution in [2.24, 2.45) is 5.92 Å². The normalized spacial score (nSPS) is 16.0. The molecule has 3 amide bonds. The number of anilines is 2. The summed E-state index contributed by atoms with van der Waals surface area (Å²) in [4.78, 5) is 37.8. The van der Waals surface area contributed by atoms with E-state index in [0.717, 1.165) is 5.56 Å². The van der Waals surface area contributed by atoms with Gasteiger partial charge in [-0.3, -0.25) is 14.4 Å². The summed E-state index contributed by atoms with van der Waals surface area (Å²) in [5.74, 6) is -0.177. The van der Waals surface area contributed by atoms with E-state index in [-0.39, 0.29) is 24.1 Å². The van der Waals surface area contributed by atoms with Crippen molar-refractivity contribution >= 4 is 29.1 Å². The second kappa shape index (κ2) is 8.56. The van der Waals surface area contributed by atoms with Crippen LogP contribution in [0.4, 0.5) is 11.4 Å². The van der Waals surface area contributed by atoms with Crippen LogP contribution in [0.2, 0.25) is 0 Å². The van der Waals surface area contributed by atoms with E-state index in [2.05, 4.69) is 10.6 Å². The number of carbonyl (C=O) groups excluding carboxylic acids is 3. The van der Waals surface area contributed by atoms with Gasteiger partial charge >= 0.3 is 0 Å². The molecule has 1 saturated heterocycles. The molecule has 0 unspecified atom stereocenters. The number of benzene rings is 2. The maximum atomic E-state index is 12.6. The number of hydrogen-bond acceptors (Lipinski definition) is 4. The summed E-state index contributed by atoms with van der Waals surface area (Å²) >= 11 is 0. The molecule has 1 heterocycles. The van der Waals surface area contributed by atoms with Gasteiger partial charge < -0.3 is 20.3 Å². The van der Waals surface area contributed by atoms with Crippen LogP contribution in [0.3, 0.4) is 0 Å². The Morgan fingerprint density at radius 3 is 2.71 bits per heavy atom. The van der Waals surface area contributed by atoms with Crippen LogP contribution < -0.4 is 20.3 Å². The van der Waals surface area contributed by atoms with Gasteiger partial charge in [0.15, 0.2) is 0 Å². The smallest absolute Gasteiger partial charge is 0.227 e. The second-order valence-corrected chi connectivity index (χ2v) is 6.67. The average Bonchev–Trinajstić information content (AvgIpc) is 3.08. The highest BCUT2D eigenvalue weighted by Crippen LogP contribution is 2.27. The Morgan fingerprint density at radius 1 is 1.18 bits per heavy atom. The number of amides is 3. The van der Waals surface area contributed by atoms with E-state index in [0.29, 0.717) is 30.2 Å². The minimum atomic E-state index is -0.424.